The molecule has 2 rings (SSSR count). The van der Waals surface area contributed by atoms with Gasteiger partial charge in [0.05, 0.1) is 11.5 Å². The van der Waals surface area contributed by atoms with E-state index >= 15 is 0 Å². The number of hydrogen-bond acceptors (Lipinski definition) is 6. The maximum atomic E-state index is 11.3. The van der Waals surface area contributed by atoms with Crippen molar-refractivity contribution >= 4 is 11.5 Å². The minimum atomic E-state index is -0.516. The van der Waals surface area contributed by atoms with Crippen molar-refractivity contribution in [2.24, 2.45) is 0 Å². The fraction of sp³-hybridized carbons (Fsp3) is 0.333. The molecule has 1 aromatic heterocycles. The summed E-state index contributed by atoms with van der Waals surface area (Å²) >= 11 is 0. The Morgan fingerprint density at radius 1 is 1.23 bits per heavy atom. The van der Waals surface area contributed by atoms with Crippen molar-refractivity contribution < 1.29 is 9.66 Å². The van der Waals surface area contributed by atoms with Crippen molar-refractivity contribution in [3.8, 4) is 5.88 Å². The van der Waals surface area contributed by atoms with E-state index in [1.165, 1.54) is 0 Å². The van der Waals surface area contributed by atoms with Crippen molar-refractivity contribution in [2.75, 3.05) is 11.9 Å². The SMILES string of the molecule is CCOc1nc(CC)nc(NCc2ccccc2)c1[N+](=O)[O-]. The Morgan fingerprint density at radius 2 is 1.95 bits per heavy atom. The number of nitro groups is 1. The summed E-state index contributed by atoms with van der Waals surface area (Å²) in [5.41, 5.74) is 0.779. The molecule has 7 heteroatoms. The van der Waals surface area contributed by atoms with Gasteiger partial charge in [-0.2, -0.15) is 4.98 Å². The molecule has 1 heterocycles. The van der Waals surface area contributed by atoms with Crippen molar-refractivity contribution in [1.82, 2.24) is 9.97 Å². The quantitative estimate of drug-likeness (QED) is 0.624. The monoisotopic (exact) mass is 302 g/mol. The minimum absolute atomic E-state index is 0.00918. The maximum absolute atomic E-state index is 11.3. The molecule has 7 nitrogen and oxygen atoms in total. The number of aromatic nitrogens is 2. The minimum Gasteiger partial charge on any atom is -0.473 e. The predicted molar refractivity (Wildman–Crippen MR) is 83.0 cm³/mol. The Morgan fingerprint density at radius 3 is 2.55 bits per heavy atom. The molecule has 116 valence electrons. The zero-order valence-corrected chi connectivity index (χ0v) is 12.6. The Bertz CT molecular complexity index is 647. The van der Waals surface area contributed by atoms with Gasteiger partial charge in [0, 0.05) is 13.0 Å². The Kier molecular flexibility index (Phi) is 5.24. The van der Waals surface area contributed by atoms with Crippen molar-refractivity contribution in [3.05, 3.63) is 51.8 Å². The summed E-state index contributed by atoms with van der Waals surface area (Å²) in [5, 5.41) is 14.3. The van der Waals surface area contributed by atoms with Gasteiger partial charge in [0.25, 0.3) is 5.88 Å². The van der Waals surface area contributed by atoms with Crippen LogP contribution in [0.2, 0.25) is 0 Å². The van der Waals surface area contributed by atoms with Crippen LogP contribution in [-0.4, -0.2) is 21.5 Å². The maximum Gasteiger partial charge on any atom is 0.372 e. The highest BCUT2D eigenvalue weighted by Crippen LogP contribution is 2.32. The molecular weight excluding hydrogens is 284 g/mol. The molecule has 1 N–H and O–H groups in total. The van der Waals surface area contributed by atoms with Gasteiger partial charge in [-0.1, -0.05) is 37.3 Å². The second kappa shape index (κ2) is 7.35. The third-order valence-corrected chi connectivity index (χ3v) is 2.98. The number of nitrogens with one attached hydrogen (secondary N) is 1. The predicted octanol–water partition coefficient (Wildman–Crippen LogP) is 2.96. The average Bonchev–Trinajstić information content (AvgIpc) is 2.53. The number of nitrogens with zero attached hydrogens (tertiary/aromatic N) is 3. The van der Waals surface area contributed by atoms with Gasteiger partial charge < -0.3 is 10.1 Å². The molecule has 0 amide bonds. The van der Waals surface area contributed by atoms with E-state index in [2.05, 4.69) is 15.3 Å². The number of ether oxygens (including phenoxy) is 1. The molecule has 0 unspecified atom stereocenters. The summed E-state index contributed by atoms with van der Waals surface area (Å²) in [6, 6.07) is 9.61. The van der Waals surface area contributed by atoms with E-state index in [0.29, 0.717) is 25.4 Å². The van der Waals surface area contributed by atoms with Crippen LogP contribution in [0.3, 0.4) is 0 Å². The lowest BCUT2D eigenvalue weighted by molar-refractivity contribution is -0.385. The second-order valence-corrected chi connectivity index (χ2v) is 4.53. The molecule has 0 aliphatic rings. The Balaban J connectivity index is 2.34. The third kappa shape index (κ3) is 3.69. The number of aryl methyl sites for hydroxylation is 1. The molecule has 0 aliphatic heterocycles. The molecule has 22 heavy (non-hydrogen) atoms. The topological polar surface area (TPSA) is 90.2 Å². The van der Waals surface area contributed by atoms with Crippen LogP contribution in [0.1, 0.15) is 25.2 Å². The van der Waals surface area contributed by atoms with Gasteiger partial charge in [-0.25, -0.2) is 4.98 Å². The Hall–Kier alpha value is -2.70. The van der Waals surface area contributed by atoms with Gasteiger partial charge in [-0.05, 0) is 12.5 Å². The van der Waals surface area contributed by atoms with Crippen molar-refractivity contribution in [1.29, 1.82) is 0 Å². The zero-order chi connectivity index (χ0) is 15.9. The molecule has 0 spiro atoms. The van der Waals surface area contributed by atoms with Gasteiger partial charge in [0.1, 0.15) is 5.82 Å². The fourth-order valence-electron chi connectivity index (χ4n) is 1.94. The highest BCUT2D eigenvalue weighted by atomic mass is 16.6. The Labute approximate surface area is 128 Å². The summed E-state index contributed by atoms with van der Waals surface area (Å²) in [5.74, 6) is 0.698. The zero-order valence-electron chi connectivity index (χ0n) is 12.6. The van der Waals surface area contributed by atoms with E-state index in [1.54, 1.807) is 6.92 Å². The molecule has 0 fully saturated rings. The summed E-state index contributed by atoms with van der Waals surface area (Å²) in [6.07, 6.45) is 0.568. The fourth-order valence-corrected chi connectivity index (χ4v) is 1.94. The van der Waals surface area contributed by atoms with Crippen molar-refractivity contribution in [3.63, 3.8) is 0 Å². The van der Waals surface area contributed by atoms with Crippen molar-refractivity contribution in [2.45, 2.75) is 26.8 Å². The number of hydrogen-bond donors (Lipinski definition) is 1. The summed E-state index contributed by atoms with van der Waals surface area (Å²) in [4.78, 5) is 19.1. The molecule has 0 aliphatic carbocycles. The number of rotatable bonds is 7. The van der Waals surface area contributed by atoms with Crippen LogP contribution in [-0.2, 0) is 13.0 Å². The molecular formula is C15H18N4O3. The highest BCUT2D eigenvalue weighted by molar-refractivity contribution is 5.61. The van der Waals surface area contributed by atoms with Crippen LogP contribution in [0.4, 0.5) is 11.5 Å². The highest BCUT2D eigenvalue weighted by Gasteiger charge is 2.25. The molecule has 0 bridgehead atoms. The lowest BCUT2D eigenvalue weighted by atomic mass is 10.2. The molecule has 0 radical (unpaired) electrons. The van der Waals surface area contributed by atoms with Crippen LogP contribution in [0.5, 0.6) is 5.88 Å². The molecule has 1 aromatic carbocycles. The molecule has 0 saturated carbocycles. The smallest absolute Gasteiger partial charge is 0.372 e. The lowest BCUT2D eigenvalue weighted by Crippen LogP contribution is -2.10. The number of anilines is 1. The van der Waals surface area contributed by atoms with Gasteiger partial charge in [0.15, 0.2) is 0 Å². The molecule has 0 saturated heterocycles. The van der Waals surface area contributed by atoms with E-state index in [0.717, 1.165) is 5.56 Å². The van der Waals surface area contributed by atoms with Gasteiger partial charge >= 0.3 is 5.69 Å². The van der Waals surface area contributed by atoms with E-state index in [4.69, 9.17) is 4.74 Å². The first-order valence-corrected chi connectivity index (χ1v) is 7.11. The van der Waals surface area contributed by atoms with Crippen LogP contribution in [0, 0.1) is 10.1 Å². The van der Waals surface area contributed by atoms with Gasteiger partial charge in [-0.3, -0.25) is 10.1 Å². The van der Waals surface area contributed by atoms with E-state index in [1.807, 2.05) is 37.3 Å². The van der Waals surface area contributed by atoms with E-state index in [-0.39, 0.29) is 17.4 Å². The average molecular weight is 302 g/mol. The summed E-state index contributed by atoms with van der Waals surface area (Å²) in [6.45, 7) is 4.39. The first-order chi connectivity index (χ1) is 10.7. The standard InChI is InChI=1S/C15H18N4O3/c1-3-12-17-14(16-10-11-8-6-5-7-9-11)13(19(20)21)15(18-12)22-4-2/h5-9H,3-4,10H2,1-2H3,(H,16,17,18). The van der Waals surface area contributed by atoms with Gasteiger partial charge in [0.2, 0.25) is 5.82 Å². The van der Waals surface area contributed by atoms with E-state index < -0.39 is 4.92 Å². The second-order valence-electron chi connectivity index (χ2n) is 4.53. The largest absolute Gasteiger partial charge is 0.473 e. The lowest BCUT2D eigenvalue weighted by Gasteiger charge is -2.10. The number of benzene rings is 1. The first-order valence-electron chi connectivity index (χ1n) is 7.11. The first kappa shape index (κ1) is 15.7. The van der Waals surface area contributed by atoms with Crippen LogP contribution in [0.25, 0.3) is 0 Å². The summed E-state index contributed by atoms with van der Waals surface area (Å²) in [7, 11) is 0. The van der Waals surface area contributed by atoms with Crippen LogP contribution < -0.4 is 10.1 Å². The third-order valence-electron chi connectivity index (χ3n) is 2.98. The normalized spacial score (nSPS) is 10.3. The summed E-state index contributed by atoms with van der Waals surface area (Å²) < 4.78 is 5.30. The van der Waals surface area contributed by atoms with Crippen LogP contribution >= 0.6 is 0 Å². The van der Waals surface area contributed by atoms with Gasteiger partial charge in [-0.15, -0.1) is 0 Å². The molecule has 0 atom stereocenters. The molecule has 2 aromatic rings. The van der Waals surface area contributed by atoms with Crippen LogP contribution in [0.15, 0.2) is 30.3 Å². The van der Waals surface area contributed by atoms with E-state index in [9.17, 15) is 10.1 Å².